The molecule has 0 fully saturated rings. The molecule has 0 saturated carbocycles. The SMILES string of the molecule is COc1ccc(-c2ccc(C(=O)N[C@H](CO)C(C)(C)C)cc2C(=O)O)c(C(=O)Nc2ccc3cc(C)oc3c2)n1. The lowest BCUT2D eigenvalue weighted by molar-refractivity contribution is 0.0697. The molecule has 0 spiro atoms. The number of nitrogens with zero attached hydrogens (tertiary/aromatic N) is 1. The number of methoxy groups -OCH3 is 1. The Morgan fingerprint density at radius 1 is 1.00 bits per heavy atom. The highest BCUT2D eigenvalue weighted by Gasteiger charge is 2.27. The van der Waals surface area contributed by atoms with E-state index in [1.165, 1.54) is 31.4 Å². The highest BCUT2D eigenvalue weighted by Crippen LogP contribution is 2.31. The lowest BCUT2D eigenvalue weighted by Crippen LogP contribution is -2.46. The number of aryl methyl sites for hydroxylation is 1. The van der Waals surface area contributed by atoms with Gasteiger partial charge in [-0.25, -0.2) is 9.78 Å². The number of hydrogen-bond acceptors (Lipinski definition) is 7. The van der Waals surface area contributed by atoms with E-state index < -0.39 is 29.2 Å². The highest BCUT2D eigenvalue weighted by molar-refractivity contribution is 6.10. The van der Waals surface area contributed by atoms with E-state index in [2.05, 4.69) is 15.6 Å². The average Bonchev–Trinajstić information content (AvgIpc) is 3.29. The first-order chi connectivity index (χ1) is 18.9. The third-order valence-electron chi connectivity index (χ3n) is 6.53. The van der Waals surface area contributed by atoms with Gasteiger partial charge in [0.25, 0.3) is 11.8 Å². The van der Waals surface area contributed by atoms with Crippen molar-refractivity contribution in [2.24, 2.45) is 5.41 Å². The maximum atomic E-state index is 13.4. The molecule has 4 aromatic rings. The van der Waals surface area contributed by atoms with Crippen molar-refractivity contribution in [3.63, 3.8) is 0 Å². The van der Waals surface area contributed by atoms with Crippen molar-refractivity contribution in [1.82, 2.24) is 10.3 Å². The maximum absolute atomic E-state index is 13.4. The van der Waals surface area contributed by atoms with Crippen molar-refractivity contribution in [1.29, 1.82) is 0 Å². The molecule has 1 atom stereocenters. The molecule has 10 heteroatoms. The molecule has 0 bridgehead atoms. The number of furan rings is 1. The van der Waals surface area contributed by atoms with E-state index in [9.17, 15) is 24.6 Å². The van der Waals surface area contributed by atoms with Gasteiger partial charge < -0.3 is 30.0 Å². The number of hydrogen-bond donors (Lipinski definition) is 4. The topological polar surface area (TPSA) is 151 Å². The number of rotatable bonds is 8. The van der Waals surface area contributed by atoms with Gasteiger partial charge in [-0.3, -0.25) is 9.59 Å². The Bertz CT molecular complexity index is 1600. The van der Waals surface area contributed by atoms with Crippen LogP contribution in [0.5, 0.6) is 5.88 Å². The van der Waals surface area contributed by atoms with E-state index in [1.807, 2.05) is 39.8 Å². The van der Waals surface area contributed by atoms with Gasteiger partial charge in [0.05, 0.1) is 25.3 Å². The molecular formula is C30H31N3O7. The van der Waals surface area contributed by atoms with Crippen LogP contribution in [-0.4, -0.2) is 52.7 Å². The van der Waals surface area contributed by atoms with Crippen LogP contribution >= 0.6 is 0 Å². The molecule has 4 N–H and O–H groups in total. The molecule has 4 rings (SSSR count). The Morgan fingerprint density at radius 2 is 1.73 bits per heavy atom. The minimum atomic E-state index is -1.29. The largest absolute Gasteiger partial charge is 0.481 e. The zero-order chi connectivity index (χ0) is 29.2. The zero-order valence-electron chi connectivity index (χ0n) is 22.9. The Morgan fingerprint density at radius 3 is 2.38 bits per heavy atom. The Kier molecular flexibility index (Phi) is 7.92. The van der Waals surface area contributed by atoms with Gasteiger partial charge in [-0.15, -0.1) is 0 Å². The number of carboxylic acids is 1. The molecule has 0 aliphatic rings. The summed E-state index contributed by atoms with van der Waals surface area (Å²) >= 11 is 0. The number of carboxylic acid groups (broad SMARTS) is 1. The summed E-state index contributed by atoms with van der Waals surface area (Å²) < 4.78 is 10.9. The fraction of sp³-hybridized carbons (Fsp3) is 0.267. The molecule has 0 aliphatic heterocycles. The first-order valence-electron chi connectivity index (χ1n) is 12.6. The monoisotopic (exact) mass is 545 g/mol. The summed E-state index contributed by atoms with van der Waals surface area (Å²) in [7, 11) is 1.41. The molecular weight excluding hydrogens is 514 g/mol. The highest BCUT2D eigenvalue weighted by atomic mass is 16.5. The van der Waals surface area contributed by atoms with Crippen molar-refractivity contribution >= 4 is 34.4 Å². The fourth-order valence-electron chi connectivity index (χ4n) is 4.25. The van der Waals surface area contributed by atoms with Crippen LogP contribution in [0.1, 0.15) is 57.7 Å². The molecule has 2 aromatic carbocycles. The lowest BCUT2D eigenvalue weighted by Gasteiger charge is -2.29. The normalized spacial score (nSPS) is 12.2. The van der Waals surface area contributed by atoms with E-state index in [1.54, 1.807) is 18.2 Å². The van der Waals surface area contributed by atoms with Crippen LogP contribution in [0.15, 0.2) is 59.0 Å². The Hall–Kier alpha value is -4.70. The molecule has 0 radical (unpaired) electrons. The summed E-state index contributed by atoms with van der Waals surface area (Å²) in [5.41, 5.74) is 0.906. The molecule has 40 heavy (non-hydrogen) atoms. The van der Waals surface area contributed by atoms with E-state index in [4.69, 9.17) is 9.15 Å². The van der Waals surface area contributed by atoms with Gasteiger partial charge in [-0.1, -0.05) is 26.8 Å². The molecule has 0 unspecified atom stereocenters. The Balaban J connectivity index is 1.72. The maximum Gasteiger partial charge on any atom is 0.336 e. The van der Waals surface area contributed by atoms with Gasteiger partial charge in [0, 0.05) is 34.3 Å². The van der Waals surface area contributed by atoms with Crippen molar-refractivity contribution in [2.75, 3.05) is 19.0 Å². The molecule has 2 amide bonds. The number of aliphatic hydroxyl groups excluding tert-OH is 1. The van der Waals surface area contributed by atoms with Crippen LogP contribution in [0, 0.1) is 12.3 Å². The second kappa shape index (κ2) is 11.2. The second-order valence-electron chi connectivity index (χ2n) is 10.5. The quantitative estimate of drug-likeness (QED) is 0.244. The summed E-state index contributed by atoms with van der Waals surface area (Å²) in [6.45, 7) is 7.17. The fourth-order valence-corrected chi connectivity index (χ4v) is 4.25. The number of aliphatic hydroxyl groups is 1. The number of fused-ring (bicyclic) bond motifs is 1. The number of carbonyl (C=O) groups is 3. The minimum absolute atomic E-state index is 0.0668. The van der Waals surface area contributed by atoms with Crippen LogP contribution < -0.4 is 15.4 Å². The van der Waals surface area contributed by atoms with E-state index in [0.29, 0.717) is 11.3 Å². The molecule has 10 nitrogen and oxygen atoms in total. The summed E-state index contributed by atoms with van der Waals surface area (Å²) in [4.78, 5) is 43.0. The van der Waals surface area contributed by atoms with Gasteiger partial charge in [0.1, 0.15) is 17.0 Å². The predicted octanol–water partition coefficient (Wildman–Crippen LogP) is 4.90. The number of benzene rings is 2. The van der Waals surface area contributed by atoms with Gasteiger partial charge in [-0.2, -0.15) is 0 Å². The molecule has 0 aliphatic carbocycles. The summed E-state index contributed by atoms with van der Waals surface area (Å²) in [5, 5.41) is 26.2. The van der Waals surface area contributed by atoms with Crippen molar-refractivity contribution < 1.29 is 33.8 Å². The summed E-state index contributed by atoms with van der Waals surface area (Å²) in [6, 6.07) is 13.8. The lowest BCUT2D eigenvalue weighted by atomic mass is 9.87. The average molecular weight is 546 g/mol. The standard InChI is InChI=1S/C30H31N3O7/c1-16-12-17-6-8-19(14-23(17)40-16)31-28(36)26-21(10-11-25(33-26)39-5)20-9-7-18(13-22(20)29(37)38)27(35)32-24(15-34)30(2,3)4/h6-14,24,34H,15H2,1-5H3,(H,31,36)(H,32,35)(H,37,38)/t24-/m1/s1. The molecule has 2 heterocycles. The number of aromatic nitrogens is 1. The van der Waals surface area contributed by atoms with Crippen molar-refractivity contribution in [2.45, 2.75) is 33.7 Å². The van der Waals surface area contributed by atoms with E-state index >= 15 is 0 Å². The van der Waals surface area contributed by atoms with Gasteiger partial charge in [0.15, 0.2) is 0 Å². The van der Waals surface area contributed by atoms with Gasteiger partial charge >= 0.3 is 5.97 Å². The number of nitrogens with one attached hydrogen (secondary N) is 2. The molecule has 0 saturated heterocycles. The van der Waals surface area contributed by atoms with E-state index in [-0.39, 0.29) is 40.4 Å². The van der Waals surface area contributed by atoms with Crippen LogP contribution in [0.4, 0.5) is 5.69 Å². The summed E-state index contributed by atoms with van der Waals surface area (Å²) in [5.74, 6) is -1.52. The molecule has 2 aromatic heterocycles. The van der Waals surface area contributed by atoms with Crippen LogP contribution in [0.2, 0.25) is 0 Å². The zero-order valence-corrected chi connectivity index (χ0v) is 22.9. The van der Waals surface area contributed by atoms with Crippen molar-refractivity contribution in [3.05, 3.63) is 77.2 Å². The first kappa shape index (κ1) is 28.3. The predicted molar refractivity (Wildman–Crippen MR) is 150 cm³/mol. The van der Waals surface area contributed by atoms with Crippen LogP contribution in [0.3, 0.4) is 0 Å². The number of ether oxygens (including phenoxy) is 1. The number of pyridine rings is 1. The Labute approximate surface area is 231 Å². The molecule has 208 valence electrons. The third-order valence-corrected chi connectivity index (χ3v) is 6.53. The van der Waals surface area contributed by atoms with Crippen LogP contribution in [-0.2, 0) is 0 Å². The number of aromatic carboxylic acids is 1. The van der Waals surface area contributed by atoms with E-state index in [0.717, 1.165) is 11.1 Å². The number of carbonyl (C=O) groups excluding carboxylic acids is 2. The summed E-state index contributed by atoms with van der Waals surface area (Å²) in [6.07, 6.45) is 0. The first-order valence-corrected chi connectivity index (χ1v) is 12.6. The third kappa shape index (κ3) is 5.97. The smallest absolute Gasteiger partial charge is 0.336 e. The van der Waals surface area contributed by atoms with Gasteiger partial charge in [-0.05, 0) is 54.3 Å². The second-order valence-corrected chi connectivity index (χ2v) is 10.5. The van der Waals surface area contributed by atoms with Gasteiger partial charge in [0.2, 0.25) is 5.88 Å². The van der Waals surface area contributed by atoms with Crippen LogP contribution in [0.25, 0.3) is 22.1 Å². The minimum Gasteiger partial charge on any atom is -0.481 e. The number of amides is 2. The van der Waals surface area contributed by atoms with Crippen molar-refractivity contribution in [3.8, 4) is 17.0 Å². The number of anilines is 1.